The molecule has 0 saturated carbocycles. The molecule has 1 aliphatic heterocycles. The summed E-state index contributed by atoms with van der Waals surface area (Å²) in [4.78, 5) is 5.46. The molecule has 0 radical (unpaired) electrons. The van der Waals surface area contributed by atoms with Crippen LogP contribution in [0.3, 0.4) is 0 Å². The number of hydrogen-bond donors (Lipinski definition) is 1. The van der Waals surface area contributed by atoms with E-state index in [0.29, 0.717) is 12.1 Å². The number of nitrogens with zero attached hydrogens (tertiary/aromatic N) is 1. The van der Waals surface area contributed by atoms with E-state index in [4.69, 9.17) is 5.73 Å². The molecule has 16 heavy (non-hydrogen) atoms. The first-order valence-corrected chi connectivity index (χ1v) is 6.96. The molecule has 0 amide bonds. The first kappa shape index (κ1) is 12.1. The Morgan fingerprint density at radius 1 is 1.38 bits per heavy atom. The fraction of sp³-hybridized carbons (Fsp3) is 0.692. The Morgan fingerprint density at radius 2 is 2.00 bits per heavy atom. The minimum absolute atomic E-state index is 0.425. The van der Waals surface area contributed by atoms with E-state index in [1.54, 1.807) is 0 Å². The van der Waals surface area contributed by atoms with Crippen molar-refractivity contribution in [2.75, 3.05) is 13.1 Å². The maximum atomic E-state index is 5.95. The van der Waals surface area contributed by atoms with Crippen LogP contribution in [0.25, 0.3) is 0 Å². The summed E-state index contributed by atoms with van der Waals surface area (Å²) in [5.74, 6) is 0. The van der Waals surface area contributed by atoms with Crippen molar-refractivity contribution < 1.29 is 0 Å². The van der Waals surface area contributed by atoms with Gasteiger partial charge < -0.3 is 5.73 Å². The van der Waals surface area contributed by atoms with Gasteiger partial charge in [-0.2, -0.15) is 0 Å². The standard InChI is InChI=1S/C13H22N2S/c1-9-8-13(11(3)16-9)10(2)15-6-4-12(14)5-7-15/h8,10,12H,4-7,14H2,1-3H3. The number of hydrogen-bond acceptors (Lipinski definition) is 3. The number of thiophene rings is 1. The summed E-state index contributed by atoms with van der Waals surface area (Å²) in [6, 6.07) is 3.32. The van der Waals surface area contributed by atoms with Crippen LogP contribution in [0, 0.1) is 13.8 Å². The van der Waals surface area contributed by atoms with E-state index in [9.17, 15) is 0 Å². The number of rotatable bonds is 2. The van der Waals surface area contributed by atoms with Crippen LogP contribution in [0.4, 0.5) is 0 Å². The Bertz CT molecular complexity index is 351. The molecule has 2 N–H and O–H groups in total. The lowest BCUT2D eigenvalue weighted by Gasteiger charge is -2.35. The molecule has 0 bridgehead atoms. The molecule has 1 atom stereocenters. The quantitative estimate of drug-likeness (QED) is 0.858. The van der Waals surface area contributed by atoms with Gasteiger partial charge in [0, 0.05) is 34.9 Å². The summed E-state index contributed by atoms with van der Waals surface area (Å²) in [6.45, 7) is 9.05. The van der Waals surface area contributed by atoms with Crippen LogP contribution in [-0.4, -0.2) is 24.0 Å². The normalized spacial score (nSPS) is 21.2. The van der Waals surface area contributed by atoms with Crippen molar-refractivity contribution in [2.24, 2.45) is 5.73 Å². The lowest BCUT2D eigenvalue weighted by molar-refractivity contribution is 0.163. The van der Waals surface area contributed by atoms with E-state index in [2.05, 4.69) is 31.7 Å². The highest BCUT2D eigenvalue weighted by atomic mass is 32.1. The van der Waals surface area contributed by atoms with Crippen LogP contribution < -0.4 is 5.73 Å². The molecule has 1 saturated heterocycles. The highest BCUT2D eigenvalue weighted by Gasteiger charge is 2.23. The molecular formula is C13H22N2S. The number of piperidine rings is 1. The molecule has 0 aromatic carbocycles. The van der Waals surface area contributed by atoms with Gasteiger partial charge in [-0.05, 0) is 45.2 Å². The van der Waals surface area contributed by atoms with Gasteiger partial charge in [0.05, 0.1) is 0 Å². The van der Waals surface area contributed by atoms with Crippen LogP contribution in [0.2, 0.25) is 0 Å². The maximum absolute atomic E-state index is 5.95. The molecule has 0 aliphatic carbocycles. The Balaban J connectivity index is 2.07. The van der Waals surface area contributed by atoms with Crippen molar-refractivity contribution in [3.8, 4) is 0 Å². The summed E-state index contributed by atoms with van der Waals surface area (Å²) in [7, 11) is 0. The highest BCUT2D eigenvalue weighted by molar-refractivity contribution is 7.12. The third kappa shape index (κ3) is 2.47. The van der Waals surface area contributed by atoms with Gasteiger partial charge in [-0.1, -0.05) is 0 Å². The number of likely N-dealkylation sites (tertiary alicyclic amines) is 1. The smallest absolute Gasteiger partial charge is 0.0330 e. The molecule has 2 heterocycles. The number of aryl methyl sites for hydroxylation is 2. The predicted octanol–water partition coefficient (Wildman–Crippen LogP) is 2.85. The van der Waals surface area contributed by atoms with Crippen LogP contribution in [0.5, 0.6) is 0 Å². The SMILES string of the molecule is Cc1cc(C(C)N2CCC(N)CC2)c(C)s1. The minimum atomic E-state index is 0.425. The second-order valence-corrected chi connectivity index (χ2v) is 6.38. The maximum Gasteiger partial charge on any atom is 0.0330 e. The topological polar surface area (TPSA) is 29.3 Å². The Labute approximate surface area is 102 Å². The van der Waals surface area contributed by atoms with Gasteiger partial charge in [0.15, 0.2) is 0 Å². The van der Waals surface area contributed by atoms with Crippen molar-refractivity contribution in [2.45, 2.75) is 45.7 Å². The van der Waals surface area contributed by atoms with Gasteiger partial charge in [-0.3, -0.25) is 4.90 Å². The van der Waals surface area contributed by atoms with Crippen molar-refractivity contribution in [1.29, 1.82) is 0 Å². The molecule has 1 unspecified atom stereocenters. The summed E-state index contributed by atoms with van der Waals surface area (Å²) < 4.78 is 0. The van der Waals surface area contributed by atoms with Gasteiger partial charge >= 0.3 is 0 Å². The summed E-state index contributed by atoms with van der Waals surface area (Å²) >= 11 is 1.91. The average Bonchev–Trinajstić information content (AvgIpc) is 2.58. The van der Waals surface area contributed by atoms with Crippen molar-refractivity contribution in [3.63, 3.8) is 0 Å². The summed E-state index contributed by atoms with van der Waals surface area (Å²) in [6.07, 6.45) is 2.29. The largest absolute Gasteiger partial charge is 0.328 e. The molecule has 2 rings (SSSR count). The van der Waals surface area contributed by atoms with E-state index >= 15 is 0 Å². The molecule has 3 heteroatoms. The lowest BCUT2D eigenvalue weighted by Crippen LogP contribution is -2.40. The second kappa shape index (κ2) is 4.86. The van der Waals surface area contributed by atoms with Crippen LogP contribution in [0.1, 0.15) is 41.1 Å². The molecule has 90 valence electrons. The first-order chi connectivity index (χ1) is 7.58. The predicted molar refractivity (Wildman–Crippen MR) is 71.0 cm³/mol. The Morgan fingerprint density at radius 3 is 2.50 bits per heavy atom. The van der Waals surface area contributed by atoms with Crippen LogP contribution in [0.15, 0.2) is 6.07 Å². The molecule has 1 fully saturated rings. The van der Waals surface area contributed by atoms with Gasteiger partial charge in [0.25, 0.3) is 0 Å². The molecule has 2 nitrogen and oxygen atoms in total. The zero-order valence-electron chi connectivity index (χ0n) is 10.5. The van der Waals surface area contributed by atoms with Gasteiger partial charge in [-0.15, -0.1) is 11.3 Å². The van der Waals surface area contributed by atoms with Crippen LogP contribution in [-0.2, 0) is 0 Å². The zero-order valence-corrected chi connectivity index (χ0v) is 11.3. The minimum Gasteiger partial charge on any atom is -0.328 e. The van der Waals surface area contributed by atoms with E-state index in [1.165, 1.54) is 15.3 Å². The van der Waals surface area contributed by atoms with Gasteiger partial charge in [0.1, 0.15) is 0 Å². The Kier molecular flexibility index (Phi) is 3.67. The summed E-state index contributed by atoms with van der Waals surface area (Å²) in [5.41, 5.74) is 7.46. The van der Waals surface area contributed by atoms with Crippen molar-refractivity contribution in [1.82, 2.24) is 4.90 Å². The third-order valence-corrected chi connectivity index (χ3v) is 4.63. The fourth-order valence-corrected chi connectivity index (χ4v) is 3.58. The van der Waals surface area contributed by atoms with Gasteiger partial charge in [-0.25, -0.2) is 0 Å². The Hall–Kier alpha value is -0.380. The average molecular weight is 238 g/mol. The summed E-state index contributed by atoms with van der Waals surface area (Å²) in [5, 5.41) is 0. The zero-order chi connectivity index (χ0) is 11.7. The molecule has 1 aromatic rings. The molecule has 0 spiro atoms. The monoisotopic (exact) mass is 238 g/mol. The molecule has 1 aromatic heterocycles. The fourth-order valence-electron chi connectivity index (χ4n) is 2.57. The lowest BCUT2D eigenvalue weighted by atomic mass is 10.0. The van der Waals surface area contributed by atoms with Gasteiger partial charge in [0.2, 0.25) is 0 Å². The highest BCUT2D eigenvalue weighted by Crippen LogP contribution is 2.31. The van der Waals surface area contributed by atoms with E-state index < -0.39 is 0 Å². The van der Waals surface area contributed by atoms with E-state index in [0.717, 1.165) is 25.9 Å². The van der Waals surface area contributed by atoms with Crippen LogP contribution >= 0.6 is 11.3 Å². The molecular weight excluding hydrogens is 216 g/mol. The number of nitrogens with two attached hydrogens (primary N) is 1. The van der Waals surface area contributed by atoms with E-state index in [-0.39, 0.29) is 0 Å². The first-order valence-electron chi connectivity index (χ1n) is 6.14. The molecule has 1 aliphatic rings. The third-order valence-electron chi connectivity index (χ3n) is 3.65. The van der Waals surface area contributed by atoms with E-state index in [1.807, 2.05) is 11.3 Å². The van der Waals surface area contributed by atoms with Crippen molar-refractivity contribution >= 4 is 11.3 Å². The van der Waals surface area contributed by atoms with Crippen molar-refractivity contribution in [3.05, 3.63) is 21.4 Å². The second-order valence-electron chi connectivity index (χ2n) is 4.92.